The topological polar surface area (TPSA) is 84.3 Å². The predicted octanol–water partition coefficient (Wildman–Crippen LogP) is 2.37. The highest BCUT2D eigenvalue weighted by atomic mass is 16.5. The van der Waals surface area contributed by atoms with Gasteiger partial charge in [-0.15, -0.1) is 0 Å². The number of ether oxygens (including phenoxy) is 1. The van der Waals surface area contributed by atoms with Crippen LogP contribution in [0.4, 0.5) is 11.6 Å². The van der Waals surface area contributed by atoms with Crippen molar-refractivity contribution in [2.75, 3.05) is 12.4 Å². The second kappa shape index (κ2) is 6.32. The van der Waals surface area contributed by atoms with Crippen LogP contribution in [0.3, 0.4) is 0 Å². The van der Waals surface area contributed by atoms with Crippen molar-refractivity contribution < 1.29 is 14.6 Å². The van der Waals surface area contributed by atoms with Crippen LogP contribution in [0, 0.1) is 6.92 Å². The zero-order valence-corrected chi connectivity index (χ0v) is 12.1. The van der Waals surface area contributed by atoms with Crippen molar-refractivity contribution in [1.29, 1.82) is 0 Å². The first kappa shape index (κ1) is 14.9. The van der Waals surface area contributed by atoms with Gasteiger partial charge in [0.2, 0.25) is 5.95 Å². The fourth-order valence-corrected chi connectivity index (χ4v) is 1.84. The van der Waals surface area contributed by atoms with Crippen LogP contribution < -0.4 is 5.32 Å². The smallest absolute Gasteiger partial charge is 0.356 e. The quantitative estimate of drug-likeness (QED) is 0.840. The standard InChI is InChI=1S/C15H17N3O3/c1-9-7-13(14(20)21-3)18-15(16-9)17-12-6-4-5-11(8-12)10(2)19/h4-8,10,19H,1-3H3,(H,16,17,18). The minimum Gasteiger partial charge on any atom is -0.464 e. The molecule has 1 heterocycles. The van der Waals surface area contributed by atoms with Crippen molar-refractivity contribution in [1.82, 2.24) is 9.97 Å². The van der Waals surface area contributed by atoms with E-state index in [0.717, 1.165) is 11.3 Å². The number of nitrogens with zero attached hydrogens (tertiary/aromatic N) is 2. The van der Waals surface area contributed by atoms with Crippen LogP contribution in [0.25, 0.3) is 0 Å². The lowest BCUT2D eigenvalue weighted by Gasteiger charge is -2.10. The molecule has 6 heteroatoms. The van der Waals surface area contributed by atoms with Gasteiger partial charge in [-0.3, -0.25) is 0 Å². The first-order valence-corrected chi connectivity index (χ1v) is 6.48. The molecule has 1 unspecified atom stereocenters. The van der Waals surface area contributed by atoms with Gasteiger partial charge in [0.1, 0.15) is 0 Å². The minimum atomic E-state index is -0.559. The Morgan fingerprint density at radius 1 is 1.33 bits per heavy atom. The highest BCUT2D eigenvalue weighted by Gasteiger charge is 2.11. The van der Waals surface area contributed by atoms with E-state index in [9.17, 15) is 9.90 Å². The maximum absolute atomic E-state index is 11.5. The average Bonchev–Trinajstić information content (AvgIpc) is 2.46. The monoisotopic (exact) mass is 287 g/mol. The number of methoxy groups -OCH3 is 1. The van der Waals surface area contributed by atoms with Crippen LogP contribution >= 0.6 is 0 Å². The summed E-state index contributed by atoms with van der Waals surface area (Å²) >= 11 is 0. The lowest BCUT2D eigenvalue weighted by atomic mass is 10.1. The summed E-state index contributed by atoms with van der Waals surface area (Å²) in [5.41, 5.74) is 2.36. The molecule has 2 rings (SSSR count). The van der Waals surface area contributed by atoms with E-state index < -0.39 is 12.1 Å². The Hall–Kier alpha value is -2.47. The minimum absolute atomic E-state index is 0.194. The molecule has 0 spiro atoms. The van der Waals surface area contributed by atoms with Crippen LogP contribution in [0.15, 0.2) is 30.3 Å². The lowest BCUT2D eigenvalue weighted by Crippen LogP contribution is -2.08. The van der Waals surface area contributed by atoms with E-state index in [1.165, 1.54) is 7.11 Å². The maximum atomic E-state index is 11.5. The largest absolute Gasteiger partial charge is 0.464 e. The van der Waals surface area contributed by atoms with Crippen LogP contribution in [-0.4, -0.2) is 28.2 Å². The number of aromatic nitrogens is 2. The third-order valence-corrected chi connectivity index (χ3v) is 2.87. The number of hydrogen-bond acceptors (Lipinski definition) is 6. The molecule has 0 aliphatic carbocycles. The van der Waals surface area contributed by atoms with Gasteiger partial charge in [-0.2, -0.15) is 0 Å². The summed E-state index contributed by atoms with van der Waals surface area (Å²) in [6.07, 6.45) is -0.559. The third-order valence-electron chi connectivity index (χ3n) is 2.87. The van der Waals surface area contributed by atoms with Crippen LogP contribution in [0.2, 0.25) is 0 Å². The van der Waals surface area contributed by atoms with Gasteiger partial charge in [0.05, 0.1) is 13.2 Å². The summed E-state index contributed by atoms with van der Waals surface area (Å²) in [4.78, 5) is 19.9. The van der Waals surface area contributed by atoms with Crippen molar-refractivity contribution in [2.24, 2.45) is 0 Å². The van der Waals surface area contributed by atoms with E-state index in [-0.39, 0.29) is 5.69 Å². The number of aryl methyl sites for hydroxylation is 1. The first-order chi connectivity index (χ1) is 9.99. The normalized spacial score (nSPS) is 11.8. The summed E-state index contributed by atoms with van der Waals surface area (Å²) < 4.78 is 4.66. The van der Waals surface area contributed by atoms with Crippen molar-refractivity contribution in [3.8, 4) is 0 Å². The fourth-order valence-electron chi connectivity index (χ4n) is 1.84. The van der Waals surface area contributed by atoms with Crippen molar-refractivity contribution in [3.05, 3.63) is 47.3 Å². The van der Waals surface area contributed by atoms with E-state index in [0.29, 0.717) is 11.6 Å². The zero-order valence-electron chi connectivity index (χ0n) is 12.1. The number of carbonyl (C=O) groups is 1. The van der Waals surface area contributed by atoms with E-state index in [4.69, 9.17) is 0 Å². The molecule has 0 aliphatic heterocycles. The molecule has 0 aliphatic rings. The van der Waals surface area contributed by atoms with Gasteiger partial charge in [0.25, 0.3) is 0 Å². The molecule has 2 aromatic rings. The fraction of sp³-hybridized carbons (Fsp3) is 0.267. The molecule has 1 aromatic carbocycles. The third kappa shape index (κ3) is 3.76. The summed E-state index contributed by atoms with van der Waals surface area (Å²) in [7, 11) is 1.30. The maximum Gasteiger partial charge on any atom is 0.356 e. The van der Waals surface area contributed by atoms with Gasteiger partial charge < -0.3 is 15.2 Å². The molecular formula is C15H17N3O3. The van der Waals surface area contributed by atoms with Crippen LogP contribution in [-0.2, 0) is 4.74 Å². The number of esters is 1. The Morgan fingerprint density at radius 2 is 2.10 bits per heavy atom. The Bertz CT molecular complexity index is 656. The van der Waals surface area contributed by atoms with Crippen LogP contribution in [0.5, 0.6) is 0 Å². The Kier molecular flexibility index (Phi) is 4.49. The van der Waals surface area contributed by atoms with E-state index in [1.807, 2.05) is 18.2 Å². The second-order valence-corrected chi connectivity index (χ2v) is 4.64. The van der Waals surface area contributed by atoms with Crippen molar-refractivity contribution in [2.45, 2.75) is 20.0 Å². The SMILES string of the molecule is COC(=O)c1cc(C)nc(Nc2cccc(C(C)O)c2)n1. The van der Waals surface area contributed by atoms with Crippen molar-refractivity contribution >= 4 is 17.6 Å². The molecule has 21 heavy (non-hydrogen) atoms. The van der Waals surface area contributed by atoms with Gasteiger partial charge in [-0.25, -0.2) is 14.8 Å². The van der Waals surface area contributed by atoms with Crippen molar-refractivity contribution in [3.63, 3.8) is 0 Å². The first-order valence-electron chi connectivity index (χ1n) is 6.48. The molecule has 2 N–H and O–H groups in total. The number of carbonyl (C=O) groups excluding carboxylic acids is 1. The molecule has 110 valence electrons. The summed E-state index contributed by atoms with van der Waals surface area (Å²) in [5.74, 6) is -0.209. The number of anilines is 2. The number of hydrogen-bond donors (Lipinski definition) is 2. The number of nitrogens with one attached hydrogen (secondary N) is 1. The predicted molar refractivity (Wildman–Crippen MR) is 78.5 cm³/mol. The van der Waals surface area contributed by atoms with E-state index >= 15 is 0 Å². The zero-order chi connectivity index (χ0) is 15.4. The van der Waals surface area contributed by atoms with Gasteiger partial charge >= 0.3 is 5.97 Å². The molecule has 0 fully saturated rings. The summed E-state index contributed by atoms with van der Waals surface area (Å²) in [6.45, 7) is 3.46. The molecule has 0 saturated heterocycles. The lowest BCUT2D eigenvalue weighted by molar-refractivity contribution is 0.0594. The molecule has 6 nitrogen and oxygen atoms in total. The number of benzene rings is 1. The molecule has 1 atom stereocenters. The number of rotatable bonds is 4. The second-order valence-electron chi connectivity index (χ2n) is 4.64. The highest BCUT2D eigenvalue weighted by molar-refractivity contribution is 5.87. The van der Waals surface area contributed by atoms with Gasteiger partial charge in [0, 0.05) is 11.4 Å². The Morgan fingerprint density at radius 3 is 2.76 bits per heavy atom. The molecular weight excluding hydrogens is 270 g/mol. The van der Waals surface area contributed by atoms with E-state index in [2.05, 4.69) is 20.0 Å². The molecule has 0 saturated carbocycles. The Balaban J connectivity index is 2.29. The molecule has 0 radical (unpaired) electrons. The summed E-state index contributed by atoms with van der Waals surface area (Å²) in [6, 6.07) is 8.83. The summed E-state index contributed by atoms with van der Waals surface area (Å²) in [5, 5.41) is 12.6. The molecule has 1 aromatic heterocycles. The highest BCUT2D eigenvalue weighted by Crippen LogP contribution is 2.19. The molecule has 0 bridgehead atoms. The number of aliphatic hydroxyl groups is 1. The number of aliphatic hydroxyl groups excluding tert-OH is 1. The van der Waals surface area contributed by atoms with Crippen LogP contribution in [0.1, 0.15) is 34.8 Å². The van der Waals surface area contributed by atoms with Gasteiger partial charge in [-0.05, 0) is 37.6 Å². The molecule has 0 amide bonds. The van der Waals surface area contributed by atoms with Gasteiger partial charge in [0.15, 0.2) is 5.69 Å². The van der Waals surface area contributed by atoms with E-state index in [1.54, 1.807) is 26.0 Å². The Labute approximate surface area is 122 Å². The average molecular weight is 287 g/mol. The van der Waals surface area contributed by atoms with Gasteiger partial charge in [-0.1, -0.05) is 12.1 Å².